The van der Waals surface area contributed by atoms with Gasteiger partial charge in [-0.05, 0) is 35.9 Å². The highest BCUT2D eigenvalue weighted by atomic mass is 16.5. The first kappa shape index (κ1) is 21.8. The van der Waals surface area contributed by atoms with Crippen LogP contribution in [-0.2, 0) is 6.54 Å². The van der Waals surface area contributed by atoms with Crippen LogP contribution in [0.25, 0.3) is 11.3 Å². The molecule has 0 fully saturated rings. The topological polar surface area (TPSA) is 90.6 Å². The Morgan fingerprint density at radius 2 is 1.88 bits per heavy atom. The summed E-state index contributed by atoms with van der Waals surface area (Å²) in [5.41, 5.74) is 6.42. The van der Waals surface area contributed by atoms with Gasteiger partial charge in [-0.15, -0.1) is 0 Å². The molecule has 166 valence electrons. The number of carbonyl (C=O) groups excluding carboxylic acids is 1. The van der Waals surface area contributed by atoms with Gasteiger partial charge in [-0.3, -0.25) is 14.5 Å². The summed E-state index contributed by atoms with van der Waals surface area (Å²) < 4.78 is 12.3. The number of nitrogens with one attached hydrogen (secondary N) is 1. The van der Waals surface area contributed by atoms with Gasteiger partial charge in [0.25, 0.3) is 5.91 Å². The van der Waals surface area contributed by atoms with Crippen LogP contribution in [0.5, 0.6) is 11.5 Å². The zero-order valence-corrected chi connectivity index (χ0v) is 18.3. The molecule has 0 saturated carbocycles. The van der Waals surface area contributed by atoms with Gasteiger partial charge in [0.15, 0.2) is 11.5 Å². The Labute approximate surface area is 191 Å². The van der Waals surface area contributed by atoms with E-state index >= 15 is 0 Å². The summed E-state index contributed by atoms with van der Waals surface area (Å²) in [7, 11) is 3.06. The van der Waals surface area contributed by atoms with E-state index in [1.165, 1.54) is 7.11 Å². The smallest absolute Gasteiger partial charge is 0.271 e. The Kier molecular flexibility index (Phi) is 6.75. The fourth-order valence-electron chi connectivity index (χ4n) is 3.31. The second-order valence-corrected chi connectivity index (χ2v) is 7.13. The molecule has 2 aromatic carbocycles. The van der Waals surface area contributed by atoms with Crippen molar-refractivity contribution in [3.8, 4) is 22.8 Å². The van der Waals surface area contributed by atoms with Crippen molar-refractivity contribution in [3.05, 3.63) is 95.9 Å². The minimum absolute atomic E-state index is 0.369. The zero-order chi connectivity index (χ0) is 23.0. The summed E-state index contributed by atoms with van der Waals surface area (Å²) in [4.78, 5) is 16.7. The van der Waals surface area contributed by atoms with E-state index in [-0.39, 0.29) is 5.91 Å². The maximum atomic E-state index is 12.6. The number of aromatic nitrogens is 3. The molecule has 0 saturated heterocycles. The van der Waals surface area contributed by atoms with E-state index in [0.29, 0.717) is 23.6 Å². The van der Waals surface area contributed by atoms with Gasteiger partial charge in [0, 0.05) is 35.3 Å². The van der Waals surface area contributed by atoms with E-state index in [4.69, 9.17) is 14.6 Å². The van der Waals surface area contributed by atoms with E-state index in [0.717, 1.165) is 22.4 Å². The van der Waals surface area contributed by atoms with Crippen LogP contribution in [0.15, 0.2) is 84.4 Å². The summed E-state index contributed by atoms with van der Waals surface area (Å²) in [6.07, 6.45) is 6.92. The first-order valence-corrected chi connectivity index (χ1v) is 10.2. The lowest BCUT2D eigenvalue weighted by Crippen LogP contribution is -2.17. The lowest BCUT2D eigenvalue weighted by molar-refractivity contribution is 0.0954. The quantitative estimate of drug-likeness (QED) is 0.332. The average Bonchev–Trinajstić information content (AvgIpc) is 3.27. The van der Waals surface area contributed by atoms with Gasteiger partial charge in [0.1, 0.15) is 5.69 Å². The summed E-state index contributed by atoms with van der Waals surface area (Å²) in [5.74, 6) is 0.645. The second kappa shape index (κ2) is 10.2. The van der Waals surface area contributed by atoms with E-state index in [9.17, 15) is 4.79 Å². The molecule has 1 amide bonds. The lowest BCUT2D eigenvalue weighted by atomic mass is 10.1. The Hall–Kier alpha value is -4.46. The largest absolute Gasteiger partial charge is 0.493 e. The molecule has 0 bridgehead atoms. The van der Waals surface area contributed by atoms with Crippen molar-refractivity contribution >= 4 is 12.1 Å². The number of pyridine rings is 1. The summed E-state index contributed by atoms with van der Waals surface area (Å²) in [5, 5.41) is 8.87. The lowest BCUT2D eigenvalue weighted by Gasteiger charge is -2.08. The molecule has 0 aliphatic carbocycles. The van der Waals surface area contributed by atoms with Gasteiger partial charge in [0.05, 0.1) is 27.0 Å². The van der Waals surface area contributed by atoms with Crippen LogP contribution >= 0.6 is 0 Å². The predicted molar refractivity (Wildman–Crippen MR) is 126 cm³/mol. The molecule has 1 N–H and O–H groups in total. The van der Waals surface area contributed by atoms with Crippen LogP contribution in [0.4, 0.5) is 0 Å². The Morgan fingerprint density at radius 1 is 1.06 bits per heavy atom. The van der Waals surface area contributed by atoms with Crippen molar-refractivity contribution < 1.29 is 14.3 Å². The second-order valence-electron chi connectivity index (χ2n) is 7.13. The molecule has 0 aliphatic rings. The van der Waals surface area contributed by atoms with Gasteiger partial charge >= 0.3 is 0 Å². The number of hydrogen-bond acceptors (Lipinski definition) is 6. The number of hydrogen-bond donors (Lipinski definition) is 1. The molecule has 0 unspecified atom stereocenters. The Morgan fingerprint density at radius 3 is 2.61 bits per heavy atom. The Bertz CT molecular complexity index is 1250. The van der Waals surface area contributed by atoms with Gasteiger partial charge in [-0.2, -0.15) is 10.2 Å². The maximum absolute atomic E-state index is 12.6. The normalized spacial score (nSPS) is 10.8. The minimum Gasteiger partial charge on any atom is -0.493 e. The first-order chi connectivity index (χ1) is 16.2. The molecule has 0 aliphatic heterocycles. The third-order valence-electron chi connectivity index (χ3n) is 4.93. The molecular weight excluding hydrogens is 418 g/mol. The van der Waals surface area contributed by atoms with Crippen molar-refractivity contribution in [1.29, 1.82) is 0 Å². The number of carbonyl (C=O) groups is 1. The summed E-state index contributed by atoms with van der Waals surface area (Å²) >= 11 is 0. The van der Waals surface area contributed by atoms with E-state index in [1.54, 1.807) is 43.9 Å². The first-order valence-electron chi connectivity index (χ1n) is 10.2. The monoisotopic (exact) mass is 441 g/mol. The molecule has 4 aromatic rings. The van der Waals surface area contributed by atoms with E-state index < -0.39 is 0 Å². The highest BCUT2D eigenvalue weighted by molar-refractivity contribution is 5.96. The van der Waals surface area contributed by atoms with Crippen LogP contribution in [0, 0.1) is 0 Å². The summed E-state index contributed by atoms with van der Waals surface area (Å²) in [6.45, 7) is 0.611. The maximum Gasteiger partial charge on any atom is 0.271 e. The highest BCUT2D eigenvalue weighted by Crippen LogP contribution is 2.27. The number of nitrogens with zero attached hydrogens (tertiary/aromatic N) is 4. The van der Waals surface area contributed by atoms with Crippen LogP contribution in [-0.4, -0.2) is 41.1 Å². The fourth-order valence-corrected chi connectivity index (χ4v) is 3.31. The molecule has 0 spiro atoms. The minimum atomic E-state index is -0.369. The van der Waals surface area contributed by atoms with E-state index in [1.807, 2.05) is 53.3 Å². The van der Waals surface area contributed by atoms with Crippen LogP contribution in [0.3, 0.4) is 0 Å². The molecule has 2 heterocycles. The molecule has 0 radical (unpaired) electrons. The van der Waals surface area contributed by atoms with Gasteiger partial charge in [0.2, 0.25) is 0 Å². The zero-order valence-electron chi connectivity index (χ0n) is 18.3. The van der Waals surface area contributed by atoms with Gasteiger partial charge in [-0.1, -0.05) is 30.3 Å². The number of amides is 1. The van der Waals surface area contributed by atoms with Gasteiger partial charge in [-0.25, -0.2) is 5.43 Å². The molecule has 4 rings (SSSR count). The summed E-state index contributed by atoms with van der Waals surface area (Å²) in [6, 6.07) is 18.8. The number of methoxy groups -OCH3 is 2. The van der Waals surface area contributed by atoms with Crippen LogP contribution in [0.1, 0.15) is 21.5 Å². The van der Waals surface area contributed by atoms with Gasteiger partial charge < -0.3 is 9.47 Å². The fraction of sp³-hybridized carbons (Fsp3) is 0.120. The molecule has 0 atom stereocenters. The number of benzene rings is 2. The number of rotatable bonds is 8. The van der Waals surface area contributed by atoms with E-state index in [2.05, 4.69) is 15.5 Å². The van der Waals surface area contributed by atoms with Crippen LogP contribution < -0.4 is 14.9 Å². The SMILES string of the molecule is COc1ccc(C(=O)N/N=C/c2cn(Cc3ccccc3)nc2-c2cccnc2)cc1OC. The molecular formula is C25H23N5O3. The van der Waals surface area contributed by atoms with Crippen LogP contribution in [0.2, 0.25) is 0 Å². The van der Waals surface area contributed by atoms with Crippen molar-refractivity contribution in [2.75, 3.05) is 14.2 Å². The molecule has 8 heteroatoms. The number of ether oxygens (including phenoxy) is 2. The van der Waals surface area contributed by atoms with Crippen molar-refractivity contribution in [2.45, 2.75) is 6.54 Å². The molecule has 33 heavy (non-hydrogen) atoms. The third-order valence-corrected chi connectivity index (χ3v) is 4.93. The van der Waals surface area contributed by atoms with Crippen molar-refractivity contribution in [3.63, 3.8) is 0 Å². The predicted octanol–water partition coefficient (Wildman–Crippen LogP) is 3.77. The Balaban J connectivity index is 1.55. The molecule has 8 nitrogen and oxygen atoms in total. The standard InChI is InChI=1S/C25H23N5O3/c1-32-22-11-10-19(13-23(22)33-2)25(31)28-27-15-21-17-30(16-18-7-4-3-5-8-18)29-24(21)20-9-6-12-26-14-20/h3-15,17H,16H2,1-2H3,(H,28,31)/b27-15+. The molecule has 2 aromatic heterocycles. The van der Waals surface area contributed by atoms with Crippen molar-refractivity contribution in [1.82, 2.24) is 20.2 Å². The average molecular weight is 441 g/mol. The van der Waals surface area contributed by atoms with Crippen molar-refractivity contribution in [2.24, 2.45) is 5.10 Å². The highest BCUT2D eigenvalue weighted by Gasteiger charge is 2.12. The number of hydrazone groups is 1. The third kappa shape index (κ3) is 5.24.